The van der Waals surface area contributed by atoms with Crippen LogP contribution in [-0.2, 0) is 19.1 Å². The smallest absolute Gasteiger partial charge is 0.481 e. The third kappa shape index (κ3) is 10.5. The van der Waals surface area contributed by atoms with Crippen molar-refractivity contribution < 1.29 is 37.3 Å². The van der Waals surface area contributed by atoms with E-state index in [1.165, 1.54) is 17.7 Å². The molecule has 3 rings (SSSR count). The Morgan fingerprint density at radius 3 is 2.51 bits per heavy atom. The van der Waals surface area contributed by atoms with Crippen LogP contribution < -0.4 is 5.84 Å². The average molecular weight is 599 g/mol. The summed E-state index contributed by atoms with van der Waals surface area (Å²) in [6.07, 6.45) is 13.6. The summed E-state index contributed by atoms with van der Waals surface area (Å²) in [5.41, 5.74) is 1.68. The van der Waals surface area contributed by atoms with Crippen LogP contribution >= 0.6 is 11.6 Å². The summed E-state index contributed by atoms with van der Waals surface area (Å²) in [6, 6.07) is 0. The monoisotopic (exact) mass is 598 g/mol. The molecule has 0 saturated heterocycles. The molecular formula is C30H38ClF3N2O5. The van der Waals surface area contributed by atoms with E-state index in [4.69, 9.17) is 27.3 Å². The number of alkyl halides is 3. The van der Waals surface area contributed by atoms with E-state index >= 15 is 0 Å². The van der Waals surface area contributed by atoms with Crippen LogP contribution in [0, 0.1) is 23.7 Å². The van der Waals surface area contributed by atoms with Gasteiger partial charge in [0.25, 0.3) is 5.91 Å². The van der Waals surface area contributed by atoms with Crippen LogP contribution in [0.3, 0.4) is 0 Å². The Bertz CT molecular complexity index is 1130. The molecule has 1 amide bonds. The van der Waals surface area contributed by atoms with E-state index in [-0.39, 0.29) is 42.4 Å². The lowest BCUT2D eigenvalue weighted by Crippen LogP contribution is -2.40. The van der Waals surface area contributed by atoms with E-state index in [9.17, 15) is 22.8 Å². The third-order valence-corrected chi connectivity index (χ3v) is 7.84. The van der Waals surface area contributed by atoms with Gasteiger partial charge in [0, 0.05) is 29.0 Å². The highest BCUT2D eigenvalue weighted by Gasteiger charge is 2.33. The number of hydrogen-bond donors (Lipinski definition) is 2. The van der Waals surface area contributed by atoms with Crippen molar-refractivity contribution in [3.63, 3.8) is 0 Å². The van der Waals surface area contributed by atoms with Crippen molar-refractivity contribution in [3.05, 3.63) is 70.5 Å². The Morgan fingerprint density at radius 2 is 1.95 bits per heavy atom. The fraction of sp³-hybridized carbons (Fsp3) is 0.533. The number of halogens is 4. The molecule has 0 aromatic carbocycles. The largest absolute Gasteiger partial charge is 0.573 e. The van der Waals surface area contributed by atoms with E-state index in [1.807, 2.05) is 18.2 Å². The molecule has 0 saturated carbocycles. The topological polar surface area (TPSA) is 102 Å². The lowest BCUT2D eigenvalue weighted by Gasteiger charge is -2.36. The number of amides is 1. The molecule has 7 nitrogen and oxygen atoms in total. The molecular weight excluding hydrogens is 561 g/mol. The summed E-state index contributed by atoms with van der Waals surface area (Å²) < 4.78 is 47.6. The Hall–Kier alpha value is -2.82. The number of carbonyl (C=O) groups excluding carboxylic acids is 1. The molecule has 11 heteroatoms. The average Bonchev–Trinajstić information content (AvgIpc) is 2.93. The second-order valence-electron chi connectivity index (χ2n) is 10.5. The number of hydrazine groups is 1. The highest BCUT2D eigenvalue weighted by Crippen LogP contribution is 2.40. The Labute approximate surface area is 243 Å². The number of aliphatic carboxylic acids is 1. The zero-order chi connectivity index (χ0) is 30.0. The van der Waals surface area contributed by atoms with E-state index in [0.717, 1.165) is 35.7 Å². The van der Waals surface area contributed by atoms with Crippen molar-refractivity contribution in [3.8, 4) is 0 Å². The number of carboxylic acid groups (broad SMARTS) is 1. The fourth-order valence-electron chi connectivity index (χ4n) is 5.41. The predicted molar refractivity (Wildman–Crippen MR) is 150 cm³/mol. The van der Waals surface area contributed by atoms with Crippen molar-refractivity contribution >= 4 is 23.5 Å². The second kappa shape index (κ2) is 15.4. The van der Waals surface area contributed by atoms with Gasteiger partial charge in [-0.2, -0.15) is 0 Å². The van der Waals surface area contributed by atoms with Gasteiger partial charge in [-0.05, 0) is 62.2 Å². The molecule has 0 aromatic rings. The molecule has 3 aliphatic carbocycles. The van der Waals surface area contributed by atoms with Crippen LogP contribution in [0.1, 0.15) is 51.9 Å². The molecule has 4 atom stereocenters. The molecule has 0 aliphatic heterocycles. The molecule has 0 bridgehead atoms. The Balaban J connectivity index is 1.67. The zero-order valence-electron chi connectivity index (χ0n) is 23.1. The maximum atomic E-state index is 12.7. The van der Waals surface area contributed by atoms with Crippen LogP contribution in [0.15, 0.2) is 70.5 Å². The summed E-state index contributed by atoms with van der Waals surface area (Å²) in [5, 5.41) is 10.6. The van der Waals surface area contributed by atoms with Gasteiger partial charge in [-0.25, -0.2) is 5.84 Å². The molecule has 0 fully saturated rings. The third-order valence-electron chi connectivity index (χ3n) is 7.52. The number of carboxylic acids is 1. The van der Waals surface area contributed by atoms with Gasteiger partial charge < -0.3 is 14.6 Å². The number of hydrogen-bond acceptors (Lipinski definition) is 5. The first kappa shape index (κ1) is 32.7. The van der Waals surface area contributed by atoms with E-state index in [1.54, 1.807) is 12.2 Å². The molecule has 4 unspecified atom stereocenters. The standard InChI is InChI=1S/C30H38ClF3N2O5/c1-2-3-26(21-6-8-23(9-7-21)29(39)36(35)17-16-28(37)38)27(22-10-12-24(31)13-11-22)19-40-18-20-4-14-25(15-5-20)41-30(32,33)34/h4,6,8-10,12,14-15,20-21,26-27H,2-3,5,7,11,13,16-19,35H2,1H3,(H,37,38). The number of nitrogens with zero attached hydrogens (tertiary/aromatic N) is 1. The van der Waals surface area contributed by atoms with Crippen molar-refractivity contribution in [1.82, 2.24) is 5.01 Å². The minimum Gasteiger partial charge on any atom is -0.481 e. The maximum absolute atomic E-state index is 12.7. The molecule has 0 heterocycles. The Kier molecular flexibility index (Phi) is 12.3. The van der Waals surface area contributed by atoms with Gasteiger partial charge in [0.2, 0.25) is 0 Å². The number of allylic oxidation sites excluding steroid dienone is 7. The first-order valence-corrected chi connectivity index (χ1v) is 14.3. The minimum atomic E-state index is -4.72. The second-order valence-corrected chi connectivity index (χ2v) is 11.0. The van der Waals surface area contributed by atoms with Crippen LogP contribution in [-0.4, -0.2) is 48.1 Å². The Morgan fingerprint density at radius 1 is 1.17 bits per heavy atom. The van der Waals surface area contributed by atoms with Gasteiger partial charge in [0.15, 0.2) is 0 Å². The highest BCUT2D eigenvalue weighted by molar-refractivity contribution is 6.29. The van der Waals surface area contributed by atoms with Crippen molar-refractivity contribution in [2.45, 2.75) is 58.2 Å². The summed E-state index contributed by atoms with van der Waals surface area (Å²) in [6.45, 7) is 2.87. The quantitative estimate of drug-likeness (QED) is 0.133. The van der Waals surface area contributed by atoms with Gasteiger partial charge in [-0.1, -0.05) is 60.9 Å². The lowest BCUT2D eigenvalue weighted by molar-refractivity contribution is -0.303. The van der Waals surface area contributed by atoms with Gasteiger partial charge >= 0.3 is 12.3 Å². The minimum absolute atomic E-state index is 0.0537. The first-order valence-electron chi connectivity index (χ1n) is 13.9. The normalized spacial score (nSPS) is 22.2. The molecule has 0 radical (unpaired) electrons. The van der Waals surface area contributed by atoms with Crippen LogP contribution in [0.4, 0.5) is 13.2 Å². The molecule has 0 aromatic heterocycles. The van der Waals surface area contributed by atoms with Gasteiger partial charge in [-0.3, -0.25) is 14.6 Å². The number of carbonyl (C=O) groups is 2. The van der Waals surface area contributed by atoms with E-state index < -0.39 is 18.2 Å². The van der Waals surface area contributed by atoms with Crippen LogP contribution in [0.25, 0.3) is 0 Å². The van der Waals surface area contributed by atoms with Gasteiger partial charge in [-0.15, -0.1) is 13.2 Å². The zero-order valence-corrected chi connectivity index (χ0v) is 23.9. The number of nitrogens with two attached hydrogens (primary N) is 1. The van der Waals surface area contributed by atoms with Crippen molar-refractivity contribution in [1.29, 1.82) is 0 Å². The first-order chi connectivity index (χ1) is 19.5. The highest BCUT2D eigenvalue weighted by atomic mass is 35.5. The summed E-state index contributed by atoms with van der Waals surface area (Å²) in [7, 11) is 0. The predicted octanol–water partition coefficient (Wildman–Crippen LogP) is 6.55. The molecule has 0 spiro atoms. The maximum Gasteiger partial charge on any atom is 0.573 e. The molecule has 41 heavy (non-hydrogen) atoms. The molecule has 226 valence electrons. The summed E-state index contributed by atoms with van der Waals surface area (Å²) in [5.74, 6) is 4.53. The van der Waals surface area contributed by atoms with Crippen molar-refractivity contribution in [2.24, 2.45) is 29.5 Å². The lowest BCUT2D eigenvalue weighted by atomic mass is 9.71. The van der Waals surface area contributed by atoms with Crippen LogP contribution in [0.5, 0.6) is 0 Å². The van der Waals surface area contributed by atoms with Gasteiger partial charge in [0.1, 0.15) is 5.76 Å². The molecule has 3 N–H and O–H groups in total. The SMILES string of the molecule is CCCC(C1C=CC(C(=O)N(N)CCC(=O)O)=CC1)C(COCC1C=CC(OC(F)(F)F)=CC1)C1=CC=C(Cl)CC1. The van der Waals surface area contributed by atoms with Crippen LogP contribution in [0.2, 0.25) is 0 Å². The van der Waals surface area contributed by atoms with E-state index in [0.29, 0.717) is 31.6 Å². The van der Waals surface area contributed by atoms with Crippen molar-refractivity contribution in [2.75, 3.05) is 19.8 Å². The number of ether oxygens (including phenoxy) is 2. The summed E-state index contributed by atoms with van der Waals surface area (Å²) >= 11 is 6.24. The number of rotatable bonds is 14. The fourth-order valence-corrected chi connectivity index (χ4v) is 5.57. The summed E-state index contributed by atoms with van der Waals surface area (Å²) in [4.78, 5) is 23.5. The molecule has 3 aliphatic rings. The van der Waals surface area contributed by atoms with E-state index in [2.05, 4.69) is 17.7 Å². The van der Waals surface area contributed by atoms with Gasteiger partial charge in [0.05, 0.1) is 19.6 Å².